The molecule has 4 nitrogen and oxygen atoms in total. The van der Waals surface area contributed by atoms with Crippen LogP contribution in [0.15, 0.2) is 12.7 Å². The van der Waals surface area contributed by atoms with E-state index in [1.165, 1.54) is 29.5 Å². The number of esters is 1. The van der Waals surface area contributed by atoms with Crippen LogP contribution >= 0.6 is 22.6 Å². The van der Waals surface area contributed by atoms with E-state index in [0.717, 1.165) is 6.08 Å². The van der Waals surface area contributed by atoms with Gasteiger partial charge in [-0.3, -0.25) is 0 Å². The molecule has 0 rings (SSSR count). The highest BCUT2D eigenvalue weighted by Gasteiger charge is 2.33. The fourth-order valence-corrected chi connectivity index (χ4v) is 0.491. The average Bonchev–Trinajstić information content (AvgIpc) is 1.86. The zero-order chi connectivity index (χ0) is 9.07. The Labute approximate surface area is 77.4 Å². The highest BCUT2D eigenvalue weighted by atomic mass is 127. The van der Waals surface area contributed by atoms with Crippen LogP contribution in [-0.2, 0) is 14.3 Å². The van der Waals surface area contributed by atoms with Gasteiger partial charge in [-0.25, -0.2) is 9.59 Å². The Morgan fingerprint density at radius 2 is 2.18 bits per heavy atom. The molecule has 5 heteroatoms. The second-order valence-electron chi connectivity index (χ2n) is 1.85. The van der Waals surface area contributed by atoms with Gasteiger partial charge in [-0.1, -0.05) is 6.58 Å². The van der Waals surface area contributed by atoms with Gasteiger partial charge < -0.3 is 9.84 Å². The Hall–Kier alpha value is -0.590. The van der Waals surface area contributed by atoms with Gasteiger partial charge in [-0.2, -0.15) is 0 Å². The molecule has 0 aromatic rings. The molecule has 62 valence electrons. The summed E-state index contributed by atoms with van der Waals surface area (Å²) < 4.78 is 2.97. The molecule has 0 heterocycles. The molecular weight excluding hydrogens is 263 g/mol. The molecule has 1 atom stereocenters. The number of alkyl halides is 1. The number of carbonyl (C=O) groups is 2. The fourth-order valence-electron chi connectivity index (χ4n) is 0.274. The van der Waals surface area contributed by atoms with E-state index in [4.69, 9.17) is 5.11 Å². The quantitative estimate of drug-likeness (QED) is 0.359. The Kier molecular flexibility index (Phi) is 3.50. The van der Waals surface area contributed by atoms with Gasteiger partial charge >= 0.3 is 11.9 Å². The Bertz CT molecular complexity index is 197. The van der Waals surface area contributed by atoms with Crippen LogP contribution in [0.5, 0.6) is 0 Å². The van der Waals surface area contributed by atoms with Crippen molar-refractivity contribution in [3.05, 3.63) is 12.7 Å². The van der Waals surface area contributed by atoms with E-state index < -0.39 is 15.5 Å². The molecule has 0 aliphatic rings. The minimum atomic E-state index is -1.51. The van der Waals surface area contributed by atoms with E-state index in [0.29, 0.717) is 0 Å². The number of halogens is 1. The summed E-state index contributed by atoms with van der Waals surface area (Å²) in [6, 6.07) is 0. The molecule has 1 unspecified atom stereocenters. The molecular formula is C6H7IO4. The molecule has 1 N–H and O–H groups in total. The SMILES string of the molecule is C=CC(=O)OC(C)(I)C(=O)O. The minimum absolute atomic E-state index is 0.746. The van der Waals surface area contributed by atoms with Crippen molar-refractivity contribution < 1.29 is 19.4 Å². The summed E-state index contributed by atoms with van der Waals surface area (Å²) in [5.74, 6) is -1.95. The molecule has 0 radical (unpaired) electrons. The zero-order valence-corrected chi connectivity index (χ0v) is 7.99. The van der Waals surface area contributed by atoms with Gasteiger partial charge in [-0.15, -0.1) is 0 Å². The number of carboxylic acid groups (broad SMARTS) is 1. The van der Waals surface area contributed by atoms with Crippen molar-refractivity contribution >= 4 is 34.5 Å². The highest BCUT2D eigenvalue weighted by Crippen LogP contribution is 2.19. The summed E-state index contributed by atoms with van der Waals surface area (Å²) in [7, 11) is 0. The monoisotopic (exact) mass is 270 g/mol. The van der Waals surface area contributed by atoms with E-state index >= 15 is 0 Å². The third kappa shape index (κ3) is 3.35. The van der Waals surface area contributed by atoms with E-state index in [1.807, 2.05) is 0 Å². The van der Waals surface area contributed by atoms with Crippen LogP contribution in [0.1, 0.15) is 6.92 Å². The molecule has 0 fully saturated rings. The van der Waals surface area contributed by atoms with Crippen molar-refractivity contribution in [2.75, 3.05) is 0 Å². The molecule has 0 aromatic carbocycles. The van der Waals surface area contributed by atoms with Crippen molar-refractivity contribution in [2.24, 2.45) is 0 Å². The summed E-state index contributed by atoms with van der Waals surface area (Å²) in [5.41, 5.74) is 0. The Morgan fingerprint density at radius 1 is 1.73 bits per heavy atom. The molecule has 0 aromatic heterocycles. The number of carbonyl (C=O) groups excluding carboxylic acids is 1. The van der Waals surface area contributed by atoms with Crippen LogP contribution in [0.2, 0.25) is 0 Å². The van der Waals surface area contributed by atoms with E-state index in [1.54, 1.807) is 0 Å². The first-order chi connectivity index (χ1) is 4.90. The van der Waals surface area contributed by atoms with E-state index in [2.05, 4.69) is 11.3 Å². The van der Waals surface area contributed by atoms with E-state index in [9.17, 15) is 9.59 Å². The minimum Gasteiger partial charge on any atom is -0.478 e. The lowest BCUT2D eigenvalue weighted by molar-refractivity contribution is -0.161. The number of hydrogen-bond donors (Lipinski definition) is 1. The number of aliphatic carboxylic acids is 1. The smallest absolute Gasteiger partial charge is 0.358 e. The second kappa shape index (κ2) is 3.70. The summed E-state index contributed by atoms with van der Waals surface area (Å²) in [6.07, 6.45) is 0.917. The third-order valence-electron chi connectivity index (χ3n) is 0.841. The number of rotatable bonds is 3. The van der Waals surface area contributed by atoms with Crippen LogP contribution in [0, 0.1) is 0 Å². The van der Waals surface area contributed by atoms with Gasteiger partial charge in [0.2, 0.25) is 0 Å². The second-order valence-corrected chi connectivity index (χ2v) is 3.91. The first kappa shape index (κ1) is 10.4. The predicted octanol–water partition coefficient (Wildman–Crippen LogP) is 0.951. The molecule has 0 saturated heterocycles. The highest BCUT2D eigenvalue weighted by molar-refractivity contribution is 14.1. The largest absolute Gasteiger partial charge is 0.478 e. The van der Waals surface area contributed by atoms with Gasteiger partial charge in [0.15, 0.2) is 0 Å². The van der Waals surface area contributed by atoms with Crippen LogP contribution < -0.4 is 0 Å². The van der Waals surface area contributed by atoms with E-state index in [-0.39, 0.29) is 0 Å². The maximum absolute atomic E-state index is 10.5. The zero-order valence-electron chi connectivity index (χ0n) is 5.83. The van der Waals surface area contributed by atoms with Gasteiger partial charge in [-0.05, 0) is 29.5 Å². The molecule has 0 aliphatic carbocycles. The van der Waals surface area contributed by atoms with Crippen LogP contribution in [0.25, 0.3) is 0 Å². The van der Waals surface area contributed by atoms with Crippen LogP contribution in [0.3, 0.4) is 0 Å². The first-order valence-electron chi connectivity index (χ1n) is 2.68. The molecule has 0 amide bonds. The standard InChI is InChI=1S/C6H7IO4/c1-3-4(8)11-6(2,7)5(9)10/h3H,1H2,2H3,(H,9,10). The maximum atomic E-state index is 10.5. The van der Waals surface area contributed by atoms with Crippen molar-refractivity contribution in [3.8, 4) is 0 Å². The normalized spacial score (nSPS) is 14.7. The van der Waals surface area contributed by atoms with Crippen molar-refractivity contribution in [1.82, 2.24) is 0 Å². The number of hydrogen-bond acceptors (Lipinski definition) is 3. The summed E-state index contributed by atoms with van der Waals surface area (Å²) in [5, 5.41) is 8.47. The molecule has 0 saturated carbocycles. The van der Waals surface area contributed by atoms with Crippen molar-refractivity contribution in [3.63, 3.8) is 0 Å². The lowest BCUT2D eigenvalue weighted by Gasteiger charge is -2.16. The molecule has 0 bridgehead atoms. The molecule has 0 aliphatic heterocycles. The lowest BCUT2D eigenvalue weighted by Crippen LogP contribution is -2.33. The lowest BCUT2D eigenvalue weighted by atomic mass is 10.4. The topological polar surface area (TPSA) is 63.6 Å². The van der Waals surface area contributed by atoms with Crippen LogP contribution in [-0.4, -0.2) is 20.7 Å². The summed E-state index contributed by atoms with van der Waals surface area (Å²) in [4.78, 5) is 20.9. The van der Waals surface area contributed by atoms with Gasteiger partial charge in [0.25, 0.3) is 3.61 Å². The number of carboxylic acids is 1. The Morgan fingerprint density at radius 3 is 2.45 bits per heavy atom. The van der Waals surface area contributed by atoms with Crippen molar-refractivity contribution in [1.29, 1.82) is 0 Å². The molecule has 11 heavy (non-hydrogen) atoms. The summed E-state index contributed by atoms with van der Waals surface area (Å²) in [6.45, 7) is 4.41. The van der Waals surface area contributed by atoms with Gasteiger partial charge in [0.05, 0.1) is 0 Å². The Balaban J connectivity index is 4.23. The maximum Gasteiger partial charge on any atom is 0.358 e. The van der Waals surface area contributed by atoms with Crippen LogP contribution in [0.4, 0.5) is 0 Å². The van der Waals surface area contributed by atoms with Crippen molar-refractivity contribution in [2.45, 2.75) is 10.5 Å². The summed E-state index contributed by atoms with van der Waals surface area (Å²) >= 11 is 1.51. The average molecular weight is 270 g/mol. The molecule has 0 spiro atoms. The predicted molar refractivity (Wildman–Crippen MR) is 46.3 cm³/mol. The third-order valence-corrected chi connectivity index (χ3v) is 1.52. The first-order valence-corrected chi connectivity index (χ1v) is 3.75. The van der Waals surface area contributed by atoms with Gasteiger partial charge in [0.1, 0.15) is 0 Å². The van der Waals surface area contributed by atoms with Gasteiger partial charge in [0, 0.05) is 6.08 Å². The number of ether oxygens (including phenoxy) is 1. The fraction of sp³-hybridized carbons (Fsp3) is 0.333.